The Morgan fingerprint density at radius 2 is 2.09 bits per heavy atom. The number of nitrogens with two attached hydrogens (primary N) is 2. The summed E-state index contributed by atoms with van der Waals surface area (Å²) in [7, 11) is 0. The highest BCUT2D eigenvalue weighted by Crippen LogP contribution is 2.23. The maximum atomic E-state index is 5.59. The minimum Gasteiger partial charge on any atom is -0.397 e. The van der Waals surface area contributed by atoms with Crippen molar-refractivity contribution >= 4 is 23.8 Å². The van der Waals surface area contributed by atoms with Gasteiger partial charge in [0.05, 0.1) is 17.1 Å². The van der Waals surface area contributed by atoms with E-state index in [0.717, 1.165) is 0 Å². The summed E-state index contributed by atoms with van der Waals surface area (Å²) in [6, 6.07) is 5.29. The number of rotatable bonds is 2. The van der Waals surface area contributed by atoms with Crippen LogP contribution in [-0.4, -0.2) is 6.72 Å². The zero-order chi connectivity index (χ0) is 8.27. The molecule has 0 bridgehead atoms. The van der Waals surface area contributed by atoms with Crippen molar-refractivity contribution in [3.63, 3.8) is 0 Å². The molecule has 1 aromatic carbocycles. The van der Waals surface area contributed by atoms with Crippen molar-refractivity contribution in [2.75, 3.05) is 16.9 Å². The molecule has 0 radical (unpaired) electrons. The van der Waals surface area contributed by atoms with Crippen molar-refractivity contribution in [2.45, 2.75) is 0 Å². The summed E-state index contributed by atoms with van der Waals surface area (Å²) in [6.45, 7) is 3.27. The molecule has 58 valence electrons. The van der Waals surface area contributed by atoms with Gasteiger partial charge in [-0.15, -0.1) is 0 Å². The van der Waals surface area contributed by atoms with Gasteiger partial charge < -0.3 is 11.5 Å². The van der Waals surface area contributed by atoms with E-state index in [-0.39, 0.29) is 0 Å². The summed E-state index contributed by atoms with van der Waals surface area (Å²) in [5, 5.41) is 3.47. The van der Waals surface area contributed by atoms with Crippen LogP contribution in [0.4, 0.5) is 17.1 Å². The molecule has 1 aromatic rings. The number of hydrazone groups is 1. The van der Waals surface area contributed by atoms with Crippen LogP contribution in [0.2, 0.25) is 0 Å². The van der Waals surface area contributed by atoms with Gasteiger partial charge in [-0.1, -0.05) is 6.07 Å². The Balaban J connectivity index is 3.05. The molecule has 0 saturated carbocycles. The minimum absolute atomic E-state index is 0.500. The fourth-order valence-corrected chi connectivity index (χ4v) is 0.766. The molecule has 0 aliphatic rings. The lowest BCUT2D eigenvalue weighted by atomic mass is 10.2. The third kappa shape index (κ3) is 1.40. The number of benzene rings is 1. The molecule has 0 amide bonds. The molecule has 0 heterocycles. The monoisotopic (exact) mass is 150 g/mol. The van der Waals surface area contributed by atoms with Crippen LogP contribution < -0.4 is 16.9 Å². The lowest BCUT2D eigenvalue weighted by Crippen LogP contribution is -1.98. The Morgan fingerprint density at radius 1 is 1.36 bits per heavy atom. The SMILES string of the molecule is C=NNc1cccc(N)c1N. The molecule has 4 heteroatoms. The van der Waals surface area contributed by atoms with Gasteiger partial charge in [-0.25, -0.2) is 0 Å². The number of nitrogens with one attached hydrogen (secondary N) is 1. The van der Waals surface area contributed by atoms with Crippen LogP contribution in [0, 0.1) is 0 Å². The molecule has 0 aliphatic carbocycles. The second-order valence-corrected chi connectivity index (χ2v) is 2.08. The first kappa shape index (κ1) is 7.40. The average Bonchev–Trinajstić information content (AvgIpc) is 1.99. The maximum absolute atomic E-state index is 5.59. The largest absolute Gasteiger partial charge is 0.397 e. The Morgan fingerprint density at radius 3 is 2.73 bits per heavy atom. The standard InChI is InChI=1S/C7H10N4/c1-10-11-6-4-2-3-5(8)7(6)9/h2-4,11H,1,8-9H2. The van der Waals surface area contributed by atoms with Crippen LogP contribution in [0.5, 0.6) is 0 Å². The minimum atomic E-state index is 0.500. The Kier molecular flexibility index (Phi) is 1.96. The van der Waals surface area contributed by atoms with Gasteiger partial charge in [-0.2, -0.15) is 5.10 Å². The van der Waals surface area contributed by atoms with E-state index >= 15 is 0 Å². The Hall–Kier alpha value is -1.71. The summed E-state index contributed by atoms with van der Waals surface area (Å²) in [5.41, 5.74) is 15.5. The first-order valence-electron chi connectivity index (χ1n) is 3.11. The van der Waals surface area contributed by atoms with Crippen LogP contribution >= 0.6 is 0 Å². The van der Waals surface area contributed by atoms with E-state index in [9.17, 15) is 0 Å². The van der Waals surface area contributed by atoms with E-state index in [1.54, 1.807) is 18.2 Å². The topological polar surface area (TPSA) is 76.4 Å². The van der Waals surface area contributed by atoms with E-state index in [0.29, 0.717) is 17.1 Å². The number of anilines is 3. The van der Waals surface area contributed by atoms with Crippen LogP contribution in [0.3, 0.4) is 0 Å². The van der Waals surface area contributed by atoms with Gasteiger partial charge >= 0.3 is 0 Å². The van der Waals surface area contributed by atoms with Crippen LogP contribution in [0.15, 0.2) is 23.3 Å². The maximum Gasteiger partial charge on any atom is 0.0812 e. The molecule has 0 aliphatic heterocycles. The molecule has 11 heavy (non-hydrogen) atoms. The lowest BCUT2D eigenvalue weighted by molar-refractivity contribution is 1.37. The molecule has 0 fully saturated rings. The molecule has 0 spiro atoms. The van der Waals surface area contributed by atoms with Crippen molar-refractivity contribution in [2.24, 2.45) is 5.10 Å². The summed E-state index contributed by atoms with van der Waals surface area (Å²) in [5.74, 6) is 0. The molecule has 0 unspecified atom stereocenters. The van der Waals surface area contributed by atoms with Gasteiger partial charge in [-0.3, -0.25) is 5.43 Å². The van der Waals surface area contributed by atoms with Crippen LogP contribution in [-0.2, 0) is 0 Å². The molecule has 4 nitrogen and oxygen atoms in total. The van der Waals surface area contributed by atoms with E-state index < -0.39 is 0 Å². The third-order valence-electron chi connectivity index (χ3n) is 1.34. The molecule has 1 rings (SSSR count). The highest BCUT2D eigenvalue weighted by atomic mass is 15.3. The van der Waals surface area contributed by atoms with Crippen molar-refractivity contribution in [3.05, 3.63) is 18.2 Å². The van der Waals surface area contributed by atoms with Crippen molar-refractivity contribution in [1.29, 1.82) is 0 Å². The van der Waals surface area contributed by atoms with Gasteiger partial charge in [0, 0.05) is 6.72 Å². The highest BCUT2D eigenvalue weighted by molar-refractivity contribution is 5.78. The van der Waals surface area contributed by atoms with Gasteiger partial charge in [0.15, 0.2) is 0 Å². The predicted octanol–water partition coefficient (Wildman–Crippen LogP) is 0.879. The van der Waals surface area contributed by atoms with Crippen LogP contribution in [0.25, 0.3) is 0 Å². The van der Waals surface area contributed by atoms with E-state index in [4.69, 9.17) is 11.5 Å². The van der Waals surface area contributed by atoms with Gasteiger partial charge in [0.1, 0.15) is 0 Å². The molecule has 0 aromatic heterocycles. The Labute approximate surface area is 64.9 Å². The molecular formula is C7H10N4. The van der Waals surface area contributed by atoms with Crippen molar-refractivity contribution in [3.8, 4) is 0 Å². The number of hydrogen-bond acceptors (Lipinski definition) is 4. The van der Waals surface area contributed by atoms with Gasteiger partial charge in [0.2, 0.25) is 0 Å². The quantitative estimate of drug-likeness (QED) is 0.332. The van der Waals surface area contributed by atoms with Crippen LogP contribution in [0.1, 0.15) is 0 Å². The number of nitrogen functional groups attached to an aromatic ring is 2. The first-order valence-corrected chi connectivity index (χ1v) is 3.11. The predicted molar refractivity (Wildman–Crippen MR) is 48.4 cm³/mol. The first-order chi connectivity index (χ1) is 5.25. The number of para-hydroxylation sites is 1. The Bertz CT molecular complexity index is 269. The van der Waals surface area contributed by atoms with Gasteiger partial charge in [-0.05, 0) is 12.1 Å². The summed E-state index contributed by atoms with van der Waals surface area (Å²) >= 11 is 0. The normalized spacial score (nSPS) is 9.09. The smallest absolute Gasteiger partial charge is 0.0812 e. The van der Waals surface area contributed by atoms with Crippen molar-refractivity contribution in [1.82, 2.24) is 0 Å². The molecule has 0 saturated heterocycles. The zero-order valence-electron chi connectivity index (χ0n) is 6.04. The molecule has 0 atom stereocenters. The van der Waals surface area contributed by atoms with Gasteiger partial charge in [0.25, 0.3) is 0 Å². The second-order valence-electron chi connectivity index (χ2n) is 2.08. The molecular weight excluding hydrogens is 140 g/mol. The zero-order valence-corrected chi connectivity index (χ0v) is 6.04. The number of hydrogen-bond donors (Lipinski definition) is 3. The van der Waals surface area contributed by atoms with E-state index in [1.807, 2.05) is 0 Å². The fourth-order valence-electron chi connectivity index (χ4n) is 0.766. The average molecular weight is 150 g/mol. The second kappa shape index (κ2) is 2.92. The highest BCUT2D eigenvalue weighted by Gasteiger charge is 1.98. The lowest BCUT2D eigenvalue weighted by Gasteiger charge is -2.05. The van der Waals surface area contributed by atoms with E-state index in [1.165, 1.54) is 0 Å². The van der Waals surface area contributed by atoms with E-state index in [2.05, 4.69) is 17.2 Å². The summed E-state index contributed by atoms with van der Waals surface area (Å²) < 4.78 is 0. The van der Waals surface area contributed by atoms with Crippen molar-refractivity contribution < 1.29 is 0 Å². The summed E-state index contributed by atoms with van der Waals surface area (Å²) in [6.07, 6.45) is 0. The third-order valence-corrected chi connectivity index (χ3v) is 1.34. The molecule has 5 N–H and O–H groups in total. The summed E-state index contributed by atoms with van der Waals surface area (Å²) in [4.78, 5) is 0. The number of nitrogens with zero attached hydrogens (tertiary/aromatic N) is 1. The fraction of sp³-hybridized carbons (Fsp3) is 0.